The summed E-state index contributed by atoms with van der Waals surface area (Å²) in [6.45, 7) is 3.75. The zero-order chi connectivity index (χ0) is 21.9. The van der Waals surface area contributed by atoms with Gasteiger partial charge >= 0.3 is 0 Å². The van der Waals surface area contributed by atoms with E-state index in [4.69, 9.17) is 9.47 Å². The van der Waals surface area contributed by atoms with Crippen LogP contribution in [0.5, 0.6) is 11.5 Å². The van der Waals surface area contributed by atoms with Gasteiger partial charge in [0.1, 0.15) is 5.82 Å². The average Bonchev–Trinajstić information content (AvgIpc) is 2.74. The molecule has 30 heavy (non-hydrogen) atoms. The van der Waals surface area contributed by atoms with E-state index < -0.39 is 21.9 Å². The lowest BCUT2D eigenvalue weighted by molar-refractivity contribution is 0.355. The summed E-state index contributed by atoms with van der Waals surface area (Å²) in [7, 11) is -1.00. The summed E-state index contributed by atoms with van der Waals surface area (Å²) in [5, 5.41) is 0. The number of methoxy groups -OCH3 is 2. The lowest BCUT2D eigenvalue weighted by Gasteiger charge is -2.32. The van der Waals surface area contributed by atoms with Crippen LogP contribution in [-0.2, 0) is 10.0 Å². The van der Waals surface area contributed by atoms with Crippen LogP contribution in [0.25, 0.3) is 0 Å². The SMILES string of the molecule is COc1ccc(N(C(C)c2ccccc2C)S(=O)(=O)c2ccc(F)cc2)cc1OC. The first kappa shape index (κ1) is 21.6. The Bertz CT molecular complexity index is 1130. The summed E-state index contributed by atoms with van der Waals surface area (Å²) in [6.07, 6.45) is 0. The summed E-state index contributed by atoms with van der Waals surface area (Å²) in [5.74, 6) is 0.397. The predicted octanol–water partition coefficient (Wildman–Crippen LogP) is 5.11. The van der Waals surface area contributed by atoms with Crippen LogP contribution in [-0.4, -0.2) is 22.6 Å². The highest BCUT2D eigenvalue weighted by molar-refractivity contribution is 7.92. The quantitative estimate of drug-likeness (QED) is 0.524. The molecule has 0 aliphatic carbocycles. The van der Waals surface area contributed by atoms with E-state index in [-0.39, 0.29) is 4.90 Å². The second-order valence-electron chi connectivity index (χ2n) is 6.83. The topological polar surface area (TPSA) is 55.8 Å². The third-order valence-corrected chi connectivity index (χ3v) is 6.90. The zero-order valence-corrected chi connectivity index (χ0v) is 18.1. The van der Waals surface area contributed by atoms with Crippen molar-refractivity contribution in [2.24, 2.45) is 0 Å². The number of ether oxygens (including phenoxy) is 2. The molecule has 0 aliphatic rings. The minimum absolute atomic E-state index is 0.000816. The number of hydrogen-bond donors (Lipinski definition) is 0. The number of hydrogen-bond acceptors (Lipinski definition) is 4. The highest BCUT2D eigenvalue weighted by Gasteiger charge is 2.31. The normalized spacial score (nSPS) is 12.3. The van der Waals surface area contributed by atoms with Crippen molar-refractivity contribution in [3.8, 4) is 11.5 Å². The Morgan fingerprint density at radius 3 is 2.13 bits per heavy atom. The first-order chi connectivity index (χ1) is 14.3. The fourth-order valence-electron chi connectivity index (χ4n) is 3.43. The molecule has 0 aromatic heterocycles. The molecule has 0 bridgehead atoms. The van der Waals surface area contributed by atoms with E-state index in [1.165, 1.54) is 30.7 Å². The molecule has 3 rings (SSSR count). The molecule has 3 aromatic carbocycles. The van der Waals surface area contributed by atoms with Gasteiger partial charge < -0.3 is 9.47 Å². The minimum Gasteiger partial charge on any atom is -0.493 e. The number of aryl methyl sites for hydroxylation is 1. The van der Waals surface area contributed by atoms with Crippen molar-refractivity contribution in [3.63, 3.8) is 0 Å². The first-order valence-corrected chi connectivity index (χ1v) is 10.8. The van der Waals surface area contributed by atoms with Crippen LogP contribution >= 0.6 is 0 Å². The average molecular weight is 430 g/mol. The van der Waals surface area contributed by atoms with E-state index >= 15 is 0 Å². The molecule has 0 saturated heterocycles. The van der Waals surface area contributed by atoms with Crippen LogP contribution in [0.1, 0.15) is 24.1 Å². The predicted molar refractivity (Wildman–Crippen MR) is 115 cm³/mol. The largest absolute Gasteiger partial charge is 0.493 e. The molecule has 0 heterocycles. The monoisotopic (exact) mass is 429 g/mol. The van der Waals surface area contributed by atoms with Crippen molar-refractivity contribution >= 4 is 15.7 Å². The van der Waals surface area contributed by atoms with Crippen molar-refractivity contribution in [3.05, 3.63) is 83.7 Å². The van der Waals surface area contributed by atoms with Gasteiger partial charge in [0, 0.05) is 6.07 Å². The van der Waals surface area contributed by atoms with Gasteiger partial charge in [0.05, 0.1) is 30.8 Å². The van der Waals surface area contributed by atoms with Gasteiger partial charge in [-0.05, 0) is 61.4 Å². The smallest absolute Gasteiger partial charge is 0.264 e. The molecule has 158 valence electrons. The van der Waals surface area contributed by atoms with Crippen molar-refractivity contribution in [1.29, 1.82) is 0 Å². The molecule has 0 amide bonds. The van der Waals surface area contributed by atoms with Crippen LogP contribution < -0.4 is 13.8 Å². The molecule has 5 nitrogen and oxygen atoms in total. The maximum Gasteiger partial charge on any atom is 0.264 e. The summed E-state index contributed by atoms with van der Waals surface area (Å²) in [4.78, 5) is -0.000816. The van der Waals surface area contributed by atoms with Crippen molar-refractivity contribution in [1.82, 2.24) is 0 Å². The van der Waals surface area contributed by atoms with Gasteiger partial charge in [-0.2, -0.15) is 0 Å². The maximum absolute atomic E-state index is 13.7. The number of benzene rings is 3. The van der Waals surface area contributed by atoms with Gasteiger partial charge in [0.2, 0.25) is 0 Å². The number of nitrogens with zero attached hydrogens (tertiary/aromatic N) is 1. The van der Waals surface area contributed by atoms with Crippen LogP contribution in [0.2, 0.25) is 0 Å². The second-order valence-corrected chi connectivity index (χ2v) is 8.64. The molecule has 0 N–H and O–H groups in total. The van der Waals surface area contributed by atoms with E-state index in [9.17, 15) is 12.8 Å². The van der Waals surface area contributed by atoms with Gasteiger partial charge in [-0.3, -0.25) is 4.31 Å². The Morgan fingerprint density at radius 1 is 0.900 bits per heavy atom. The molecule has 3 aromatic rings. The summed E-state index contributed by atoms with van der Waals surface area (Å²) < 4.78 is 52.7. The van der Waals surface area contributed by atoms with E-state index in [1.807, 2.05) is 38.1 Å². The standard InChI is InChI=1S/C23H24FNO4S/c1-16-7-5-6-8-21(16)17(2)25(19-11-14-22(28-3)23(15-19)29-4)30(26,27)20-12-9-18(24)10-13-20/h5-15,17H,1-4H3. The van der Waals surface area contributed by atoms with Gasteiger partial charge in [-0.1, -0.05) is 24.3 Å². The fraction of sp³-hybridized carbons (Fsp3) is 0.217. The Labute approximate surface area is 176 Å². The molecule has 0 radical (unpaired) electrons. The molecule has 0 saturated carbocycles. The molecule has 1 atom stereocenters. The van der Waals surface area contributed by atoms with E-state index in [2.05, 4.69) is 0 Å². The van der Waals surface area contributed by atoms with Crippen molar-refractivity contribution < 1.29 is 22.3 Å². The number of rotatable bonds is 7. The van der Waals surface area contributed by atoms with Crippen LogP contribution in [0.15, 0.2) is 71.6 Å². The van der Waals surface area contributed by atoms with Gasteiger partial charge in [0.15, 0.2) is 11.5 Å². The Hall–Kier alpha value is -3.06. The lowest BCUT2D eigenvalue weighted by Crippen LogP contribution is -2.34. The number of halogens is 1. The number of anilines is 1. The Morgan fingerprint density at radius 2 is 1.53 bits per heavy atom. The van der Waals surface area contributed by atoms with Crippen LogP contribution in [0.3, 0.4) is 0 Å². The molecular weight excluding hydrogens is 405 g/mol. The van der Waals surface area contributed by atoms with Crippen molar-refractivity contribution in [2.75, 3.05) is 18.5 Å². The van der Waals surface area contributed by atoms with Gasteiger partial charge in [-0.15, -0.1) is 0 Å². The third kappa shape index (κ3) is 4.11. The highest BCUT2D eigenvalue weighted by Crippen LogP contribution is 2.38. The molecule has 0 fully saturated rings. The van der Waals surface area contributed by atoms with Gasteiger partial charge in [-0.25, -0.2) is 12.8 Å². The lowest BCUT2D eigenvalue weighted by atomic mass is 10.0. The molecule has 7 heteroatoms. The van der Waals surface area contributed by atoms with Gasteiger partial charge in [0.25, 0.3) is 10.0 Å². The van der Waals surface area contributed by atoms with Crippen LogP contribution in [0.4, 0.5) is 10.1 Å². The second kappa shape index (κ2) is 8.75. The summed E-state index contributed by atoms with van der Waals surface area (Å²) in [6, 6.07) is 16.8. The highest BCUT2D eigenvalue weighted by atomic mass is 32.2. The molecule has 0 aliphatic heterocycles. The van der Waals surface area contributed by atoms with E-state index in [0.717, 1.165) is 23.3 Å². The van der Waals surface area contributed by atoms with E-state index in [0.29, 0.717) is 17.2 Å². The van der Waals surface area contributed by atoms with Crippen LogP contribution in [0, 0.1) is 12.7 Å². The summed E-state index contributed by atoms with van der Waals surface area (Å²) in [5.41, 5.74) is 2.23. The van der Waals surface area contributed by atoms with Crippen molar-refractivity contribution in [2.45, 2.75) is 24.8 Å². The molecule has 1 unspecified atom stereocenters. The molecular formula is C23H24FNO4S. The summed E-state index contributed by atoms with van der Waals surface area (Å²) >= 11 is 0. The Kier molecular flexibility index (Phi) is 6.31. The Balaban J connectivity index is 2.21. The number of sulfonamides is 1. The third-order valence-electron chi connectivity index (χ3n) is 4.98. The van der Waals surface area contributed by atoms with E-state index in [1.54, 1.807) is 18.2 Å². The first-order valence-electron chi connectivity index (χ1n) is 9.37. The zero-order valence-electron chi connectivity index (χ0n) is 17.3. The maximum atomic E-state index is 13.7. The molecule has 0 spiro atoms. The fourth-order valence-corrected chi connectivity index (χ4v) is 5.06. The minimum atomic E-state index is -4.01.